The van der Waals surface area contributed by atoms with Crippen molar-refractivity contribution in [3.63, 3.8) is 0 Å². The van der Waals surface area contributed by atoms with Gasteiger partial charge in [0.05, 0.1) is 13.2 Å². The average molecular weight is 379 g/mol. The van der Waals surface area contributed by atoms with Gasteiger partial charge in [0, 0.05) is 36.3 Å². The molecule has 1 aromatic heterocycles. The van der Waals surface area contributed by atoms with Gasteiger partial charge in [-0.05, 0) is 42.0 Å². The quantitative estimate of drug-likeness (QED) is 0.681. The van der Waals surface area contributed by atoms with E-state index in [9.17, 15) is 5.11 Å². The summed E-state index contributed by atoms with van der Waals surface area (Å²) in [4.78, 5) is 12.4. The van der Waals surface area contributed by atoms with E-state index in [0.29, 0.717) is 6.42 Å². The van der Waals surface area contributed by atoms with Crippen LogP contribution < -0.4 is 4.90 Å². The van der Waals surface area contributed by atoms with Crippen molar-refractivity contribution in [2.45, 2.75) is 16.3 Å². The van der Waals surface area contributed by atoms with Crippen LogP contribution in [-0.4, -0.2) is 41.4 Å². The molecule has 1 saturated heterocycles. The molecular formula is C21H21N3O2S. The number of phenols is 1. The Kier molecular flexibility index (Phi) is 5.55. The summed E-state index contributed by atoms with van der Waals surface area (Å²) in [6.45, 7) is 3.46. The number of aromatic nitrogens is 2. The summed E-state index contributed by atoms with van der Waals surface area (Å²) in [6.07, 6.45) is 2.48. The van der Waals surface area contributed by atoms with Crippen molar-refractivity contribution in [1.82, 2.24) is 9.97 Å². The van der Waals surface area contributed by atoms with Gasteiger partial charge < -0.3 is 14.7 Å². The summed E-state index contributed by atoms with van der Waals surface area (Å²) < 4.78 is 5.41. The first-order valence-electron chi connectivity index (χ1n) is 8.97. The van der Waals surface area contributed by atoms with Gasteiger partial charge in [-0.15, -0.1) is 0 Å². The molecule has 0 bridgehead atoms. The minimum Gasteiger partial charge on any atom is -0.508 e. The summed E-state index contributed by atoms with van der Waals surface area (Å²) in [5, 5.41) is 10.5. The Labute approximate surface area is 163 Å². The summed E-state index contributed by atoms with van der Waals surface area (Å²) in [5.41, 5.74) is 2.42. The highest BCUT2D eigenvalue weighted by Gasteiger charge is 2.11. The largest absolute Gasteiger partial charge is 0.508 e. The van der Waals surface area contributed by atoms with Crippen molar-refractivity contribution in [1.29, 1.82) is 0 Å². The number of phenolic OH excluding ortho intramolecular Hbond substituents is 1. The van der Waals surface area contributed by atoms with E-state index < -0.39 is 0 Å². The zero-order chi connectivity index (χ0) is 18.5. The normalized spacial score (nSPS) is 14.3. The van der Waals surface area contributed by atoms with Gasteiger partial charge in [0.25, 0.3) is 0 Å². The van der Waals surface area contributed by atoms with Gasteiger partial charge >= 0.3 is 0 Å². The van der Waals surface area contributed by atoms with Crippen molar-refractivity contribution < 1.29 is 9.84 Å². The number of anilines is 1. The minimum absolute atomic E-state index is 0.259. The minimum atomic E-state index is 0.259. The molecule has 1 aliphatic heterocycles. The zero-order valence-corrected chi connectivity index (χ0v) is 15.7. The molecule has 27 heavy (non-hydrogen) atoms. The SMILES string of the molecule is Oc1cccc(Sc2ccnc(Cc3ccc(N4CCOCC4)cc3)n2)c1. The number of nitrogens with zero attached hydrogens (tertiary/aromatic N) is 3. The Hall–Kier alpha value is -2.57. The molecule has 138 valence electrons. The van der Waals surface area contributed by atoms with Gasteiger partial charge in [0.2, 0.25) is 0 Å². The van der Waals surface area contributed by atoms with E-state index in [2.05, 4.69) is 39.1 Å². The van der Waals surface area contributed by atoms with E-state index >= 15 is 0 Å². The predicted molar refractivity (Wildman–Crippen MR) is 107 cm³/mol. The molecule has 1 N–H and O–H groups in total. The van der Waals surface area contributed by atoms with E-state index in [1.165, 1.54) is 23.0 Å². The second-order valence-corrected chi connectivity index (χ2v) is 7.45. The lowest BCUT2D eigenvalue weighted by molar-refractivity contribution is 0.122. The maximum Gasteiger partial charge on any atom is 0.133 e. The van der Waals surface area contributed by atoms with Crippen LogP contribution in [0.2, 0.25) is 0 Å². The topological polar surface area (TPSA) is 58.5 Å². The molecule has 0 radical (unpaired) electrons. The van der Waals surface area contributed by atoms with E-state index in [1.54, 1.807) is 18.3 Å². The Bertz CT molecular complexity index is 896. The Balaban J connectivity index is 1.43. The Morgan fingerprint density at radius 2 is 1.85 bits per heavy atom. The first kappa shape index (κ1) is 17.8. The zero-order valence-electron chi connectivity index (χ0n) is 14.9. The second-order valence-electron chi connectivity index (χ2n) is 6.35. The number of benzene rings is 2. The third-order valence-corrected chi connectivity index (χ3v) is 5.32. The number of hydrogen-bond donors (Lipinski definition) is 1. The van der Waals surface area contributed by atoms with Crippen LogP contribution in [-0.2, 0) is 11.2 Å². The molecule has 5 nitrogen and oxygen atoms in total. The van der Waals surface area contributed by atoms with E-state index in [0.717, 1.165) is 42.0 Å². The molecule has 0 atom stereocenters. The first-order chi connectivity index (χ1) is 13.3. The van der Waals surface area contributed by atoms with Gasteiger partial charge in [-0.3, -0.25) is 0 Å². The van der Waals surface area contributed by atoms with Gasteiger partial charge in [0.15, 0.2) is 0 Å². The lowest BCUT2D eigenvalue weighted by Crippen LogP contribution is -2.36. The van der Waals surface area contributed by atoms with Crippen molar-refractivity contribution in [3.8, 4) is 5.75 Å². The number of ether oxygens (including phenoxy) is 1. The van der Waals surface area contributed by atoms with Crippen LogP contribution in [0.25, 0.3) is 0 Å². The Morgan fingerprint density at radius 3 is 2.63 bits per heavy atom. The molecule has 2 aromatic carbocycles. The lowest BCUT2D eigenvalue weighted by Gasteiger charge is -2.28. The standard InChI is InChI=1S/C21H21N3O2S/c25-18-2-1-3-19(15-18)27-21-8-9-22-20(23-21)14-16-4-6-17(7-5-16)24-10-12-26-13-11-24/h1-9,15,25H,10-14H2. The highest BCUT2D eigenvalue weighted by Crippen LogP contribution is 2.28. The second kappa shape index (κ2) is 8.41. The van der Waals surface area contributed by atoms with Crippen LogP contribution in [0.15, 0.2) is 70.7 Å². The van der Waals surface area contributed by atoms with Crippen LogP contribution in [0.1, 0.15) is 11.4 Å². The molecular weight excluding hydrogens is 358 g/mol. The lowest BCUT2D eigenvalue weighted by atomic mass is 10.1. The third kappa shape index (κ3) is 4.78. The highest BCUT2D eigenvalue weighted by atomic mass is 32.2. The molecule has 0 aliphatic carbocycles. The van der Waals surface area contributed by atoms with Crippen molar-refractivity contribution >= 4 is 17.4 Å². The van der Waals surface area contributed by atoms with Gasteiger partial charge in [-0.25, -0.2) is 9.97 Å². The van der Waals surface area contributed by atoms with E-state index in [4.69, 9.17) is 4.74 Å². The third-order valence-electron chi connectivity index (χ3n) is 4.39. The predicted octanol–water partition coefficient (Wildman–Crippen LogP) is 3.76. The van der Waals surface area contributed by atoms with Gasteiger partial charge in [0.1, 0.15) is 16.6 Å². The highest BCUT2D eigenvalue weighted by molar-refractivity contribution is 7.99. The molecule has 0 amide bonds. The van der Waals surface area contributed by atoms with E-state index in [-0.39, 0.29) is 5.75 Å². The summed E-state index contributed by atoms with van der Waals surface area (Å²) in [5.74, 6) is 1.05. The van der Waals surface area contributed by atoms with Crippen LogP contribution in [0.4, 0.5) is 5.69 Å². The maximum absolute atomic E-state index is 9.60. The smallest absolute Gasteiger partial charge is 0.133 e. The molecule has 3 aromatic rings. The van der Waals surface area contributed by atoms with Crippen LogP contribution in [0.5, 0.6) is 5.75 Å². The van der Waals surface area contributed by atoms with Crippen molar-refractivity contribution in [2.75, 3.05) is 31.2 Å². The fourth-order valence-electron chi connectivity index (χ4n) is 3.02. The summed E-state index contributed by atoms with van der Waals surface area (Å²) in [6, 6.07) is 17.7. The summed E-state index contributed by atoms with van der Waals surface area (Å²) in [7, 11) is 0. The number of rotatable bonds is 5. The molecule has 4 rings (SSSR count). The monoisotopic (exact) mass is 379 g/mol. The fourth-order valence-corrected chi connectivity index (χ4v) is 3.87. The first-order valence-corrected chi connectivity index (χ1v) is 9.78. The number of morpholine rings is 1. The molecule has 2 heterocycles. The molecule has 0 saturated carbocycles. The van der Waals surface area contributed by atoms with E-state index in [1.807, 2.05) is 18.2 Å². The van der Waals surface area contributed by atoms with Crippen LogP contribution in [0.3, 0.4) is 0 Å². The van der Waals surface area contributed by atoms with Gasteiger partial charge in [-0.1, -0.05) is 30.0 Å². The van der Waals surface area contributed by atoms with Crippen molar-refractivity contribution in [3.05, 3.63) is 72.2 Å². The Morgan fingerprint density at radius 1 is 1.04 bits per heavy atom. The van der Waals surface area contributed by atoms with Gasteiger partial charge in [-0.2, -0.15) is 0 Å². The maximum atomic E-state index is 9.60. The number of aromatic hydroxyl groups is 1. The molecule has 0 unspecified atom stereocenters. The number of hydrogen-bond acceptors (Lipinski definition) is 6. The molecule has 0 spiro atoms. The molecule has 1 aliphatic rings. The average Bonchev–Trinajstić information content (AvgIpc) is 2.70. The molecule has 1 fully saturated rings. The molecule has 6 heteroatoms. The van der Waals surface area contributed by atoms with Crippen LogP contribution >= 0.6 is 11.8 Å². The fraction of sp³-hybridized carbons (Fsp3) is 0.238. The van der Waals surface area contributed by atoms with Crippen molar-refractivity contribution in [2.24, 2.45) is 0 Å². The summed E-state index contributed by atoms with van der Waals surface area (Å²) >= 11 is 1.52. The van der Waals surface area contributed by atoms with Crippen LogP contribution in [0, 0.1) is 0 Å².